The van der Waals surface area contributed by atoms with Gasteiger partial charge in [0.1, 0.15) is 23.2 Å². The molecule has 192 valence electrons. The predicted molar refractivity (Wildman–Crippen MR) is 138 cm³/mol. The number of benzene rings is 2. The number of aliphatic carboxylic acids is 1. The number of amides is 1. The first-order chi connectivity index (χ1) is 17.3. The highest BCUT2D eigenvalue weighted by Gasteiger charge is 2.24. The zero-order valence-corrected chi connectivity index (χ0v) is 21.5. The number of ether oxygens (including phenoxy) is 1. The van der Waals surface area contributed by atoms with Gasteiger partial charge in [0.25, 0.3) is 5.91 Å². The van der Waals surface area contributed by atoms with Crippen molar-refractivity contribution in [3.63, 3.8) is 0 Å². The van der Waals surface area contributed by atoms with E-state index in [2.05, 4.69) is 15.5 Å². The minimum atomic E-state index is -0.837. The number of aromatic nitrogens is 2. The first-order valence-electron chi connectivity index (χ1n) is 11.9. The third-order valence-corrected chi connectivity index (χ3v) is 6.47. The molecule has 8 nitrogen and oxygen atoms in total. The van der Waals surface area contributed by atoms with Crippen LogP contribution in [-0.2, 0) is 4.79 Å². The van der Waals surface area contributed by atoms with E-state index >= 15 is 0 Å². The zero-order valence-electron chi connectivity index (χ0n) is 20.7. The summed E-state index contributed by atoms with van der Waals surface area (Å²) in [5, 5.41) is 21.4. The second-order valence-electron chi connectivity index (χ2n) is 8.36. The van der Waals surface area contributed by atoms with Gasteiger partial charge in [-0.25, -0.2) is 4.39 Å². The van der Waals surface area contributed by atoms with Gasteiger partial charge in [0.2, 0.25) is 5.13 Å². The van der Waals surface area contributed by atoms with Gasteiger partial charge in [-0.2, -0.15) is 0 Å². The molecule has 0 bridgehead atoms. The third-order valence-electron chi connectivity index (χ3n) is 5.48. The minimum absolute atomic E-state index is 0.0102. The molecular formula is C26H31FN4O4S. The molecule has 0 spiro atoms. The van der Waals surface area contributed by atoms with E-state index in [4.69, 9.17) is 9.84 Å². The first-order valence-corrected chi connectivity index (χ1v) is 12.7. The van der Waals surface area contributed by atoms with Gasteiger partial charge in [-0.15, -0.1) is 10.2 Å². The van der Waals surface area contributed by atoms with E-state index < -0.39 is 17.7 Å². The van der Waals surface area contributed by atoms with Crippen molar-refractivity contribution in [1.82, 2.24) is 15.5 Å². The van der Waals surface area contributed by atoms with Crippen molar-refractivity contribution in [3.05, 3.63) is 58.9 Å². The zero-order chi connectivity index (χ0) is 26.1. The summed E-state index contributed by atoms with van der Waals surface area (Å²) >= 11 is 1.29. The third kappa shape index (κ3) is 7.08. The molecule has 0 atom stereocenters. The summed E-state index contributed by atoms with van der Waals surface area (Å²) < 4.78 is 20.2. The van der Waals surface area contributed by atoms with E-state index in [0.717, 1.165) is 35.3 Å². The van der Waals surface area contributed by atoms with Gasteiger partial charge in [-0.1, -0.05) is 36.8 Å². The number of halogens is 1. The molecule has 0 radical (unpaired) electrons. The molecule has 2 N–H and O–H groups in total. The standard InChI is InChI=1S/C26H31FN4O4S/c1-4-5-13-31(25(34)20-8-6-7-9-21(20)27)26-30-29-24(36-26)19-15-17(2)23(18(3)16-19)35-14-12-28-11-10-22(32)33/h6-9,15-16,28H,4-5,10-14H2,1-3H3,(H,32,33). The summed E-state index contributed by atoms with van der Waals surface area (Å²) in [4.78, 5) is 25.2. The van der Waals surface area contributed by atoms with Crippen molar-refractivity contribution < 1.29 is 23.8 Å². The van der Waals surface area contributed by atoms with E-state index in [1.807, 2.05) is 32.9 Å². The molecule has 0 unspecified atom stereocenters. The Kier molecular flexibility index (Phi) is 9.89. The maximum atomic E-state index is 14.3. The molecule has 1 aromatic heterocycles. The van der Waals surface area contributed by atoms with Gasteiger partial charge in [-0.3, -0.25) is 14.5 Å². The van der Waals surface area contributed by atoms with Crippen molar-refractivity contribution in [2.75, 3.05) is 31.1 Å². The molecule has 0 saturated carbocycles. The van der Waals surface area contributed by atoms with Gasteiger partial charge >= 0.3 is 5.97 Å². The van der Waals surface area contributed by atoms with Crippen molar-refractivity contribution in [2.45, 2.75) is 40.0 Å². The van der Waals surface area contributed by atoms with Crippen LogP contribution in [0.25, 0.3) is 10.6 Å². The number of hydrogen-bond donors (Lipinski definition) is 2. The molecule has 0 saturated heterocycles. The van der Waals surface area contributed by atoms with Crippen molar-refractivity contribution in [2.24, 2.45) is 0 Å². The fourth-order valence-electron chi connectivity index (χ4n) is 3.67. The Labute approximate surface area is 214 Å². The van der Waals surface area contributed by atoms with Crippen LogP contribution < -0.4 is 15.0 Å². The Hall–Kier alpha value is -3.37. The number of rotatable bonds is 13. The van der Waals surface area contributed by atoms with E-state index in [1.54, 1.807) is 12.1 Å². The highest BCUT2D eigenvalue weighted by atomic mass is 32.1. The average Bonchev–Trinajstić information content (AvgIpc) is 3.33. The number of nitrogens with zero attached hydrogens (tertiary/aromatic N) is 3. The number of carboxylic acid groups (broad SMARTS) is 1. The van der Waals surface area contributed by atoms with Crippen LogP contribution in [0.3, 0.4) is 0 Å². The monoisotopic (exact) mass is 514 g/mol. The number of carbonyl (C=O) groups excluding carboxylic acids is 1. The SMILES string of the molecule is CCCCN(C(=O)c1ccccc1F)c1nnc(-c2cc(C)c(OCCNCCC(=O)O)c(C)c2)s1. The topological polar surface area (TPSA) is 105 Å². The number of carbonyl (C=O) groups is 2. The number of anilines is 1. The number of carboxylic acids is 1. The second kappa shape index (κ2) is 13.1. The lowest BCUT2D eigenvalue weighted by molar-refractivity contribution is -0.136. The summed E-state index contributed by atoms with van der Waals surface area (Å²) in [7, 11) is 0. The summed E-state index contributed by atoms with van der Waals surface area (Å²) in [6.07, 6.45) is 1.70. The van der Waals surface area contributed by atoms with Gasteiger partial charge in [0.15, 0.2) is 0 Å². The van der Waals surface area contributed by atoms with E-state index in [9.17, 15) is 14.0 Å². The van der Waals surface area contributed by atoms with Crippen LogP contribution in [0, 0.1) is 19.7 Å². The Bertz CT molecular complexity index is 1180. The largest absolute Gasteiger partial charge is 0.492 e. The van der Waals surface area contributed by atoms with Crippen molar-refractivity contribution in [1.29, 1.82) is 0 Å². The molecule has 3 aromatic rings. The summed E-state index contributed by atoms with van der Waals surface area (Å²) in [5.41, 5.74) is 2.72. The highest BCUT2D eigenvalue weighted by Crippen LogP contribution is 2.34. The van der Waals surface area contributed by atoms with E-state index in [-0.39, 0.29) is 12.0 Å². The number of aryl methyl sites for hydroxylation is 2. The van der Waals surface area contributed by atoms with E-state index in [1.165, 1.54) is 28.4 Å². The lowest BCUT2D eigenvalue weighted by Crippen LogP contribution is -2.32. The average molecular weight is 515 g/mol. The lowest BCUT2D eigenvalue weighted by Gasteiger charge is -2.19. The second-order valence-corrected chi connectivity index (χ2v) is 9.32. The maximum absolute atomic E-state index is 14.3. The molecule has 10 heteroatoms. The first kappa shape index (κ1) is 27.2. The number of nitrogens with one attached hydrogen (secondary N) is 1. The molecule has 1 amide bonds. The molecule has 36 heavy (non-hydrogen) atoms. The van der Waals surface area contributed by atoms with Gasteiger partial charge < -0.3 is 15.2 Å². The molecule has 1 heterocycles. The number of hydrogen-bond acceptors (Lipinski definition) is 7. The smallest absolute Gasteiger partial charge is 0.304 e. The van der Waals surface area contributed by atoms with Gasteiger partial charge in [-0.05, 0) is 55.7 Å². The maximum Gasteiger partial charge on any atom is 0.304 e. The van der Waals surface area contributed by atoms with Crippen LogP contribution in [0.1, 0.15) is 47.7 Å². The van der Waals surface area contributed by atoms with Crippen LogP contribution in [-0.4, -0.2) is 53.4 Å². The molecular weight excluding hydrogens is 483 g/mol. The lowest BCUT2D eigenvalue weighted by atomic mass is 10.1. The van der Waals surface area contributed by atoms with Crippen LogP contribution in [0.2, 0.25) is 0 Å². The van der Waals surface area contributed by atoms with Crippen LogP contribution in [0.15, 0.2) is 36.4 Å². The normalized spacial score (nSPS) is 10.9. The van der Waals surface area contributed by atoms with Crippen LogP contribution in [0.4, 0.5) is 9.52 Å². The Balaban J connectivity index is 1.75. The fourth-order valence-corrected chi connectivity index (χ4v) is 4.52. The molecule has 2 aromatic carbocycles. The highest BCUT2D eigenvalue weighted by molar-refractivity contribution is 7.18. The molecule has 0 fully saturated rings. The van der Waals surface area contributed by atoms with Crippen molar-refractivity contribution in [3.8, 4) is 16.3 Å². The minimum Gasteiger partial charge on any atom is -0.492 e. The molecule has 3 rings (SSSR count). The van der Waals surface area contributed by atoms with Gasteiger partial charge in [0.05, 0.1) is 12.0 Å². The summed E-state index contributed by atoms with van der Waals surface area (Å²) in [6, 6.07) is 9.86. The summed E-state index contributed by atoms with van der Waals surface area (Å²) in [6.45, 7) is 7.68. The van der Waals surface area contributed by atoms with Crippen LogP contribution in [0.5, 0.6) is 5.75 Å². The van der Waals surface area contributed by atoms with E-state index in [0.29, 0.717) is 36.4 Å². The fraction of sp³-hybridized carbons (Fsp3) is 0.385. The Morgan fingerprint density at radius 2 is 1.86 bits per heavy atom. The van der Waals surface area contributed by atoms with Crippen molar-refractivity contribution >= 4 is 28.3 Å². The van der Waals surface area contributed by atoms with Gasteiger partial charge in [0, 0.05) is 25.2 Å². The summed E-state index contributed by atoms with van der Waals surface area (Å²) in [5.74, 6) is -1.07. The molecule has 0 aliphatic carbocycles. The molecule has 0 aliphatic heterocycles. The molecule has 0 aliphatic rings. The number of unbranched alkanes of at least 4 members (excludes halogenated alkanes) is 1. The quantitative estimate of drug-likeness (QED) is 0.314. The Morgan fingerprint density at radius 3 is 2.53 bits per heavy atom. The Morgan fingerprint density at radius 1 is 1.14 bits per heavy atom. The predicted octanol–water partition coefficient (Wildman–Crippen LogP) is 4.85. The van der Waals surface area contributed by atoms with Crippen LogP contribution >= 0.6 is 11.3 Å².